The van der Waals surface area contributed by atoms with Crippen LogP contribution in [0.15, 0.2) is 55.0 Å². The summed E-state index contributed by atoms with van der Waals surface area (Å²) in [6.45, 7) is 4.29. The highest BCUT2D eigenvalue weighted by atomic mass is 16.5. The number of nitrogens with zero attached hydrogens (tertiary/aromatic N) is 5. The van der Waals surface area contributed by atoms with Gasteiger partial charge in [-0.3, -0.25) is 9.88 Å². The van der Waals surface area contributed by atoms with Crippen LogP contribution in [0.4, 0.5) is 5.69 Å². The molecule has 0 unspecified atom stereocenters. The molecule has 1 saturated heterocycles. The minimum Gasteiger partial charge on any atom is -0.497 e. The van der Waals surface area contributed by atoms with Gasteiger partial charge >= 0.3 is 0 Å². The zero-order valence-corrected chi connectivity index (χ0v) is 20.2. The number of fused-ring (bicyclic) bond motifs is 2. The molecule has 176 valence electrons. The van der Waals surface area contributed by atoms with Crippen LogP contribution in [0.25, 0.3) is 21.9 Å². The molecule has 0 amide bonds. The average molecular weight is 456 g/mol. The fourth-order valence-corrected chi connectivity index (χ4v) is 6.15. The zero-order chi connectivity index (χ0) is 23.1. The summed E-state index contributed by atoms with van der Waals surface area (Å²) in [5.74, 6) is 1.56. The van der Waals surface area contributed by atoms with Crippen LogP contribution in [0.3, 0.4) is 0 Å². The Morgan fingerprint density at radius 2 is 1.68 bits per heavy atom. The molecule has 0 bridgehead atoms. The smallest absolute Gasteiger partial charge is 0.139 e. The molecule has 0 spiro atoms. The molecule has 1 aliphatic heterocycles. The van der Waals surface area contributed by atoms with Gasteiger partial charge in [0, 0.05) is 74.7 Å². The lowest BCUT2D eigenvalue weighted by atomic mass is 9.81. The van der Waals surface area contributed by atoms with E-state index in [1.165, 1.54) is 42.3 Å². The molecule has 2 aliphatic rings. The predicted molar refractivity (Wildman–Crippen MR) is 138 cm³/mol. The molecule has 6 rings (SSSR count). The number of rotatable bonds is 4. The number of hydrogen-bond acceptors (Lipinski definition) is 5. The third-order valence-corrected chi connectivity index (χ3v) is 7.97. The van der Waals surface area contributed by atoms with Gasteiger partial charge in [-0.05, 0) is 61.4 Å². The molecule has 3 aromatic heterocycles. The van der Waals surface area contributed by atoms with Gasteiger partial charge in [-0.2, -0.15) is 0 Å². The third kappa shape index (κ3) is 3.80. The van der Waals surface area contributed by atoms with Gasteiger partial charge in [-0.25, -0.2) is 4.98 Å². The summed E-state index contributed by atoms with van der Waals surface area (Å²) in [6, 6.07) is 13.3. The normalized spacial score (nSPS) is 21.9. The number of aromatic nitrogens is 3. The maximum atomic E-state index is 5.57. The molecule has 4 aromatic rings. The Morgan fingerprint density at radius 3 is 2.47 bits per heavy atom. The Balaban J connectivity index is 1.11. The number of piperazine rings is 1. The minimum absolute atomic E-state index is 0.652. The molecule has 4 heterocycles. The molecule has 6 heteroatoms. The van der Waals surface area contributed by atoms with E-state index in [9.17, 15) is 0 Å². The van der Waals surface area contributed by atoms with E-state index in [2.05, 4.69) is 67.9 Å². The van der Waals surface area contributed by atoms with Gasteiger partial charge in [0.1, 0.15) is 11.4 Å². The van der Waals surface area contributed by atoms with E-state index >= 15 is 0 Å². The average Bonchev–Trinajstić information content (AvgIpc) is 3.25. The van der Waals surface area contributed by atoms with Gasteiger partial charge in [0.05, 0.1) is 18.3 Å². The van der Waals surface area contributed by atoms with Gasteiger partial charge in [-0.1, -0.05) is 6.07 Å². The van der Waals surface area contributed by atoms with Crippen LogP contribution in [-0.4, -0.2) is 58.8 Å². The number of hydrogen-bond donors (Lipinski definition) is 0. The number of anilines is 1. The maximum absolute atomic E-state index is 5.57. The van der Waals surface area contributed by atoms with Crippen molar-refractivity contribution in [2.45, 2.75) is 37.6 Å². The van der Waals surface area contributed by atoms with Gasteiger partial charge in [0.25, 0.3) is 0 Å². The second-order valence-corrected chi connectivity index (χ2v) is 9.82. The van der Waals surface area contributed by atoms with Crippen LogP contribution in [0.2, 0.25) is 0 Å². The SMILES string of the molecule is COc1cc(N2CCN(C3CCC(c4cn(C)c5ncccc45)CC3)CC2)c2ncccc2c1. The highest BCUT2D eigenvalue weighted by Gasteiger charge is 2.30. The molecule has 0 radical (unpaired) electrons. The number of aryl methyl sites for hydroxylation is 1. The lowest BCUT2D eigenvalue weighted by Gasteiger charge is -2.42. The van der Waals surface area contributed by atoms with Crippen molar-refractivity contribution in [1.29, 1.82) is 0 Å². The summed E-state index contributed by atoms with van der Waals surface area (Å²) in [5, 5.41) is 2.47. The molecule has 6 nitrogen and oxygen atoms in total. The number of pyridine rings is 2. The van der Waals surface area contributed by atoms with Crippen molar-refractivity contribution < 1.29 is 4.74 Å². The van der Waals surface area contributed by atoms with Crippen LogP contribution >= 0.6 is 0 Å². The van der Waals surface area contributed by atoms with E-state index < -0.39 is 0 Å². The summed E-state index contributed by atoms with van der Waals surface area (Å²) >= 11 is 0. The first-order valence-electron chi connectivity index (χ1n) is 12.5. The van der Waals surface area contributed by atoms with Crippen molar-refractivity contribution in [2.75, 3.05) is 38.2 Å². The molecule has 34 heavy (non-hydrogen) atoms. The van der Waals surface area contributed by atoms with E-state index in [4.69, 9.17) is 4.74 Å². The van der Waals surface area contributed by atoms with Gasteiger partial charge in [-0.15, -0.1) is 0 Å². The van der Waals surface area contributed by atoms with E-state index in [0.29, 0.717) is 12.0 Å². The Hall–Kier alpha value is -3.12. The fraction of sp³-hybridized carbons (Fsp3) is 0.429. The number of benzene rings is 1. The van der Waals surface area contributed by atoms with Crippen molar-refractivity contribution in [2.24, 2.45) is 7.05 Å². The summed E-state index contributed by atoms with van der Waals surface area (Å²) in [5.41, 5.74) is 4.87. The molecule has 0 atom stereocenters. The topological polar surface area (TPSA) is 46.4 Å². The molecule has 1 saturated carbocycles. The summed E-state index contributed by atoms with van der Waals surface area (Å²) in [4.78, 5) is 14.5. The molecular formula is C28H33N5O. The molecule has 0 N–H and O–H groups in total. The highest BCUT2D eigenvalue weighted by molar-refractivity contribution is 5.92. The van der Waals surface area contributed by atoms with Crippen molar-refractivity contribution in [3.63, 3.8) is 0 Å². The summed E-state index contributed by atoms with van der Waals surface area (Å²) in [6.07, 6.45) is 11.2. The van der Waals surface area contributed by atoms with Crippen molar-refractivity contribution in [3.05, 3.63) is 60.6 Å². The van der Waals surface area contributed by atoms with Crippen LogP contribution in [-0.2, 0) is 7.05 Å². The first-order chi connectivity index (χ1) is 16.7. The monoisotopic (exact) mass is 455 g/mol. The standard InChI is InChI=1S/C28H33N5O/c1-31-19-25(24-6-4-12-30-28(24)31)20-7-9-22(10-8-20)32-13-15-33(16-14-32)26-18-23(34-2)17-21-5-3-11-29-27(21)26/h3-6,11-12,17-20,22H,7-10,13-16H2,1-2H3. The number of ether oxygens (including phenoxy) is 1. The quantitative estimate of drug-likeness (QED) is 0.434. The highest BCUT2D eigenvalue weighted by Crippen LogP contribution is 2.39. The maximum Gasteiger partial charge on any atom is 0.139 e. The third-order valence-electron chi connectivity index (χ3n) is 7.97. The van der Waals surface area contributed by atoms with Crippen molar-refractivity contribution in [3.8, 4) is 5.75 Å². The Bertz CT molecular complexity index is 1300. The second-order valence-electron chi connectivity index (χ2n) is 9.82. The summed E-state index contributed by atoms with van der Waals surface area (Å²) < 4.78 is 7.76. The van der Waals surface area contributed by atoms with E-state index in [1.54, 1.807) is 7.11 Å². The predicted octanol–water partition coefficient (Wildman–Crippen LogP) is 4.98. The van der Waals surface area contributed by atoms with Crippen LogP contribution in [0.5, 0.6) is 5.75 Å². The Kier molecular flexibility index (Phi) is 5.61. The molecule has 1 aromatic carbocycles. The fourth-order valence-electron chi connectivity index (χ4n) is 6.15. The lowest BCUT2D eigenvalue weighted by Crippen LogP contribution is -2.51. The lowest BCUT2D eigenvalue weighted by molar-refractivity contribution is 0.141. The van der Waals surface area contributed by atoms with Crippen molar-refractivity contribution in [1.82, 2.24) is 19.4 Å². The molecule has 1 aliphatic carbocycles. The van der Waals surface area contributed by atoms with E-state index in [0.717, 1.165) is 48.5 Å². The van der Waals surface area contributed by atoms with Crippen molar-refractivity contribution >= 4 is 27.6 Å². The van der Waals surface area contributed by atoms with Gasteiger partial charge in [0.2, 0.25) is 0 Å². The van der Waals surface area contributed by atoms with Crippen LogP contribution in [0.1, 0.15) is 37.2 Å². The first-order valence-corrected chi connectivity index (χ1v) is 12.5. The van der Waals surface area contributed by atoms with Crippen LogP contribution in [0, 0.1) is 0 Å². The number of methoxy groups -OCH3 is 1. The second kappa shape index (κ2) is 8.91. The van der Waals surface area contributed by atoms with Gasteiger partial charge in [0.15, 0.2) is 0 Å². The largest absolute Gasteiger partial charge is 0.497 e. The Morgan fingerprint density at radius 1 is 0.912 bits per heavy atom. The van der Waals surface area contributed by atoms with Crippen LogP contribution < -0.4 is 9.64 Å². The first kappa shape index (κ1) is 21.4. The molecular weight excluding hydrogens is 422 g/mol. The van der Waals surface area contributed by atoms with Gasteiger partial charge < -0.3 is 14.2 Å². The molecule has 2 fully saturated rings. The van der Waals surface area contributed by atoms with E-state index in [1.807, 2.05) is 18.5 Å². The minimum atomic E-state index is 0.652. The zero-order valence-electron chi connectivity index (χ0n) is 20.2. The Labute approximate surface area is 201 Å². The summed E-state index contributed by atoms with van der Waals surface area (Å²) in [7, 11) is 3.86. The van der Waals surface area contributed by atoms with E-state index in [-0.39, 0.29) is 0 Å².